The molecule has 1 saturated heterocycles. The number of aliphatic imine (C=N–C) groups is 1. The third-order valence-electron chi connectivity index (χ3n) is 5.07. The van der Waals surface area contributed by atoms with E-state index in [0.29, 0.717) is 6.54 Å². The summed E-state index contributed by atoms with van der Waals surface area (Å²) in [5.74, 6) is 0.879. The number of aryl methyl sites for hydroxylation is 2. The number of nitrogens with zero attached hydrogens (tertiary/aromatic N) is 4. The minimum atomic E-state index is 0.634. The van der Waals surface area contributed by atoms with Gasteiger partial charge in [0.1, 0.15) is 5.01 Å². The Hall–Kier alpha value is -2.12. The molecule has 0 saturated carbocycles. The van der Waals surface area contributed by atoms with Crippen molar-refractivity contribution >= 4 is 23.0 Å². The van der Waals surface area contributed by atoms with Crippen molar-refractivity contribution in [1.82, 2.24) is 20.5 Å². The fourth-order valence-corrected chi connectivity index (χ4v) is 4.24. The van der Waals surface area contributed by atoms with Gasteiger partial charge in [-0.2, -0.15) is 0 Å². The van der Waals surface area contributed by atoms with Gasteiger partial charge in [0.25, 0.3) is 0 Å². The van der Waals surface area contributed by atoms with Crippen LogP contribution < -0.4 is 15.5 Å². The van der Waals surface area contributed by atoms with Gasteiger partial charge < -0.3 is 15.5 Å². The third-order valence-corrected chi connectivity index (χ3v) is 5.97. The molecule has 29 heavy (non-hydrogen) atoms. The smallest absolute Gasteiger partial charge is 0.191 e. The first kappa shape index (κ1) is 21.6. The summed E-state index contributed by atoms with van der Waals surface area (Å²) in [6.45, 7) is 14.4. The topological polar surface area (TPSA) is 55.8 Å². The van der Waals surface area contributed by atoms with Gasteiger partial charge in [0, 0.05) is 56.0 Å². The number of nitrogens with one attached hydrogen (secondary N) is 2. The number of guanidine groups is 1. The van der Waals surface area contributed by atoms with Crippen LogP contribution in [0, 0.1) is 13.8 Å². The van der Waals surface area contributed by atoms with Crippen LogP contribution >= 0.6 is 11.3 Å². The van der Waals surface area contributed by atoms with Gasteiger partial charge in [-0.25, -0.2) is 9.98 Å². The maximum Gasteiger partial charge on any atom is 0.191 e. The van der Waals surface area contributed by atoms with Crippen LogP contribution in [0.4, 0.5) is 5.69 Å². The molecule has 158 valence electrons. The van der Waals surface area contributed by atoms with E-state index in [-0.39, 0.29) is 0 Å². The van der Waals surface area contributed by atoms with Crippen molar-refractivity contribution in [1.29, 1.82) is 0 Å². The molecule has 2 heterocycles. The van der Waals surface area contributed by atoms with Crippen LogP contribution in [0.3, 0.4) is 0 Å². The monoisotopic (exact) mass is 414 g/mol. The molecule has 2 aromatic rings. The Kier molecular flexibility index (Phi) is 8.31. The predicted octanol–water partition coefficient (Wildman–Crippen LogP) is 3.03. The number of aromatic nitrogens is 1. The quantitative estimate of drug-likeness (QED) is 0.395. The summed E-state index contributed by atoms with van der Waals surface area (Å²) >= 11 is 1.71. The average molecular weight is 415 g/mol. The first-order valence-electron chi connectivity index (χ1n) is 10.6. The number of rotatable bonds is 8. The van der Waals surface area contributed by atoms with Crippen LogP contribution in [0.15, 0.2) is 35.5 Å². The van der Waals surface area contributed by atoms with E-state index >= 15 is 0 Å². The second kappa shape index (κ2) is 11.2. The zero-order chi connectivity index (χ0) is 20.5. The molecule has 1 aliphatic heterocycles. The summed E-state index contributed by atoms with van der Waals surface area (Å²) in [5.41, 5.74) is 2.69. The van der Waals surface area contributed by atoms with E-state index in [9.17, 15) is 0 Å². The van der Waals surface area contributed by atoms with Gasteiger partial charge in [0.2, 0.25) is 0 Å². The van der Waals surface area contributed by atoms with E-state index in [1.807, 2.05) is 6.20 Å². The van der Waals surface area contributed by atoms with Crippen molar-refractivity contribution in [3.63, 3.8) is 0 Å². The summed E-state index contributed by atoms with van der Waals surface area (Å²) in [7, 11) is 0. The first-order chi connectivity index (χ1) is 14.1. The van der Waals surface area contributed by atoms with Crippen molar-refractivity contribution in [2.24, 2.45) is 4.99 Å². The lowest BCUT2D eigenvalue weighted by molar-refractivity contribution is 0.255. The molecule has 6 nitrogen and oxygen atoms in total. The molecule has 0 amide bonds. The summed E-state index contributed by atoms with van der Waals surface area (Å²) in [4.78, 5) is 15.3. The Morgan fingerprint density at radius 2 is 2.00 bits per heavy atom. The van der Waals surface area contributed by atoms with Crippen molar-refractivity contribution in [2.75, 3.05) is 50.7 Å². The van der Waals surface area contributed by atoms with Crippen LogP contribution in [0.1, 0.15) is 28.8 Å². The van der Waals surface area contributed by atoms with E-state index in [1.165, 1.54) is 16.1 Å². The minimum absolute atomic E-state index is 0.634. The lowest BCUT2D eigenvalue weighted by Crippen LogP contribution is -2.47. The molecule has 0 spiro atoms. The van der Waals surface area contributed by atoms with Crippen molar-refractivity contribution in [3.8, 4) is 0 Å². The molecule has 1 aromatic heterocycles. The number of benzene rings is 1. The molecule has 0 atom stereocenters. The van der Waals surface area contributed by atoms with E-state index in [4.69, 9.17) is 0 Å². The molecule has 0 unspecified atom stereocenters. The normalized spacial score (nSPS) is 15.6. The molecule has 1 fully saturated rings. The largest absolute Gasteiger partial charge is 0.369 e. The fourth-order valence-electron chi connectivity index (χ4n) is 3.53. The third kappa shape index (κ3) is 7.01. The Labute approximate surface area is 179 Å². The highest BCUT2D eigenvalue weighted by atomic mass is 32.1. The van der Waals surface area contributed by atoms with Crippen LogP contribution in [0.25, 0.3) is 0 Å². The predicted molar refractivity (Wildman–Crippen MR) is 124 cm³/mol. The number of hydrogen-bond acceptors (Lipinski definition) is 5. The van der Waals surface area contributed by atoms with Gasteiger partial charge in [-0.3, -0.25) is 4.90 Å². The molecule has 0 radical (unpaired) electrons. The van der Waals surface area contributed by atoms with Gasteiger partial charge in [-0.05, 0) is 51.4 Å². The summed E-state index contributed by atoms with van der Waals surface area (Å²) < 4.78 is 0. The molecule has 3 rings (SSSR count). The minimum Gasteiger partial charge on any atom is -0.369 e. The highest BCUT2D eigenvalue weighted by Crippen LogP contribution is 2.17. The molecule has 7 heteroatoms. The van der Waals surface area contributed by atoms with Crippen LogP contribution in [-0.4, -0.2) is 61.7 Å². The maximum atomic E-state index is 4.65. The fraction of sp³-hybridized carbons (Fsp3) is 0.545. The SMILES string of the molecule is CCNC(=NCc1ncc(C)s1)NCCCN1CCN(c2cccc(C)c2)CC1. The van der Waals surface area contributed by atoms with Gasteiger partial charge in [-0.1, -0.05) is 12.1 Å². The Balaban J connectivity index is 1.36. The zero-order valence-corrected chi connectivity index (χ0v) is 18.8. The lowest BCUT2D eigenvalue weighted by Gasteiger charge is -2.36. The summed E-state index contributed by atoms with van der Waals surface area (Å²) in [6.07, 6.45) is 3.03. The molecule has 0 aliphatic carbocycles. The van der Waals surface area contributed by atoms with Gasteiger partial charge in [0.05, 0.1) is 6.54 Å². The Morgan fingerprint density at radius 3 is 2.69 bits per heavy atom. The Morgan fingerprint density at radius 1 is 1.17 bits per heavy atom. The lowest BCUT2D eigenvalue weighted by atomic mass is 10.2. The molecule has 1 aliphatic rings. The van der Waals surface area contributed by atoms with E-state index in [1.54, 1.807) is 11.3 Å². The molecule has 0 bridgehead atoms. The van der Waals surface area contributed by atoms with E-state index in [0.717, 1.165) is 63.2 Å². The Bertz CT molecular complexity index is 779. The molecule has 2 N–H and O–H groups in total. The first-order valence-corrected chi connectivity index (χ1v) is 11.4. The summed E-state index contributed by atoms with van der Waals surface area (Å²) in [6, 6.07) is 8.83. The van der Waals surface area contributed by atoms with Crippen LogP contribution in [-0.2, 0) is 6.54 Å². The second-order valence-electron chi connectivity index (χ2n) is 7.51. The van der Waals surface area contributed by atoms with Gasteiger partial charge in [-0.15, -0.1) is 11.3 Å². The molecular formula is C22H34N6S. The highest BCUT2D eigenvalue weighted by molar-refractivity contribution is 7.11. The maximum absolute atomic E-state index is 4.65. The number of hydrogen-bond donors (Lipinski definition) is 2. The van der Waals surface area contributed by atoms with Crippen molar-refractivity contribution < 1.29 is 0 Å². The molecule has 1 aromatic carbocycles. The zero-order valence-electron chi connectivity index (χ0n) is 17.9. The highest BCUT2D eigenvalue weighted by Gasteiger charge is 2.16. The van der Waals surface area contributed by atoms with E-state index < -0.39 is 0 Å². The van der Waals surface area contributed by atoms with Gasteiger partial charge in [0.15, 0.2) is 5.96 Å². The van der Waals surface area contributed by atoms with Crippen LogP contribution in [0.5, 0.6) is 0 Å². The standard InChI is InChI=1S/C22H34N6S/c1-4-23-22(26-17-21-25-16-19(3)29-21)24-9-6-10-27-11-13-28(14-12-27)20-8-5-7-18(2)15-20/h5,7-8,15-16H,4,6,9-14,17H2,1-3H3,(H2,23,24,26). The molecular weight excluding hydrogens is 380 g/mol. The van der Waals surface area contributed by atoms with E-state index in [2.05, 4.69) is 75.4 Å². The number of piperazine rings is 1. The van der Waals surface area contributed by atoms with Crippen molar-refractivity contribution in [2.45, 2.75) is 33.7 Å². The average Bonchev–Trinajstić information content (AvgIpc) is 3.15. The second-order valence-corrected chi connectivity index (χ2v) is 8.83. The summed E-state index contributed by atoms with van der Waals surface area (Å²) in [5, 5.41) is 7.84. The van der Waals surface area contributed by atoms with Crippen molar-refractivity contribution in [3.05, 3.63) is 45.9 Å². The van der Waals surface area contributed by atoms with Gasteiger partial charge >= 0.3 is 0 Å². The number of anilines is 1. The van der Waals surface area contributed by atoms with Crippen LogP contribution in [0.2, 0.25) is 0 Å². The number of thiazole rings is 1.